The Morgan fingerprint density at radius 1 is 1.73 bits per heavy atom. The Morgan fingerprint density at radius 3 is 2.64 bits per heavy atom. The summed E-state index contributed by atoms with van der Waals surface area (Å²) >= 11 is 6.87. The van der Waals surface area contributed by atoms with Gasteiger partial charge in [-0.05, 0) is 6.26 Å². The topological polar surface area (TPSA) is 39.8 Å². The molecule has 11 heavy (non-hydrogen) atoms. The van der Waals surface area contributed by atoms with E-state index in [-0.39, 0.29) is 11.7 Å². The first-order valence-electron chi connectivity index (χ1n) is 2.94. The second kappa shape index (κ2) is 3.32. The van der Waals surface area contributed by atoms with Crippen molar-refractivity contribution < 1.29 is 0 Å². The van der Waals surface area contributed by atoms with Crippen molar-refractivity contribution >= 4 is 23.4 Å². The lowest BCUT2D eigenvalue weighted by Crippen LogP contribution is -2.21. The van der Waals surface area contributed by atoms with E-state index in [2.05, 4.69) is 5.10 Å². The molecule has 1 heterocycles. The van der Waals surface area contributed by atoms with Gasteiger partial charge in [-0.3, -0.25) is 4.57 Å². The number of nitrogens with zero attached hydrogens (tertiary/aromatic N) is 3. The van der Waals surface area contributed by atoms with Crippen molar-refractivity contribution in [2.24, 2.45) is 7.05 Å². The largest absolute Gasteiger partial charge is 0.347 e. The molecule has 1 aromatic heterocycles. The van der Waals surface area contributed by atoms with Crippen molar-refractivity contribution in [3.8, 4) is 0 Å². The molecule has 62 valence electrons. The third-order valence-corrected chi connectivity index (χ3v) is 2.24. The molecule has 1 aromatic rings. The second-order valence-electron chi connectivity index (χ2n) is 1.95. The van der Waals surface area contributed by atoms with Gasteiger partial charge in [-0.15, -0.1) is 16.7 Å². The average molecular weight is 194 g/mol. The zero-order chi connectivity index (χ0) is 8.43. The first kappa shape index (κ1) is 8.67. The van der Waals surface area contributed by atoms with Gasteiger partial charge in [0, 0.05) is 7.05 Å². The smallest absolute Gasteiger partial charge is 0.273 e. The Morgan fingerprint density at radius 2 is 2.36 bits per heavy atom. The van der Waals surface area contributed by atoms with Crippen LogP contribution in [0.1, 0.15) is 0 Å². The van der Waals surface area contributed by atoms with Crippen LogP contribution in [0.4, 0.5) is 0 Å². The van der Waals surface area contributed by atoms with E-state index in [9.17, 15) is 4.79 Å². The van der Waals surface area contributed by atoms with Crippen LogP contribution in [0.2, 0.25) is 0 Å². The molecule has 0 N–H and O–H groups in total. The van der Waals surface area contributed by atoms with E-state index in [4.69, 9.17) is 11.6 Å². The number of halogens is 1. The molecule has 0 saturated carbocycles. The van der Waals surface area contributed by atoms with Gasteiger partial charge in [0.15, 0.2) is 5.16 Å². The maximum absolute atomic E-state index is 11.1. The van der Waals surface area contributed by atoms with Crippen molar-refractivity contribution in [2.45, 2.75) is 11.2 Å². The molecule has 0 aliphatic carbocycles. The predicted molar refractivity (Wildman–Crippen MR) is 45.1 cm³/mol. The van der Waals surface area contributed by atoms with Gasteiger partial charge in [0.2, 0.25) is 0 Å². The molecule has 0 fully saturated rings. The monoisotopic (exact) mass is 193 g/mol. The van der Waals surface area contributed by atoms with Crippen LogP contribution in [0.25, 0.3) is 0 Å². The van der Waals surface area contributed by atoms with E-state index in [1.54, 1.807) is 7.05 Å². The Kier molecular flexibility index (Phi) is 2.62. The number of alkyl halides is 1. The van der Waals surface area contributed by atoms with Gasteiger partial charge in [0.25, 0.3) is 0 Å². The molecule has 1 rings (SSSR count). The van der Waals surface area contributed by atoms with Crippen molar-refractivity contribution in [2.75, 3.05) is 6.26 Å². The lowest BCUT2D eigenvalue weighted by Gasteiger charge is -1.88. The molecule has 0 aliphatic heterocycles. The molecule has 0 atom stereocenters. The second-order valence-corrected chi connectivity index (χ2v) is 2.96. The predicted octanol–water partition coefficient (Wildman–Crippen LogP) is 0.500. The van der Waals surface area contributed by atoms with Crippen LogP contribution in [0.3, 0.4) is 0 Å². The van der Waals surface area contributed by atoms with E-state index in [0.29, 0.717) is 5.16 Å². The molecule has 0 spiro atoms. The van der Waals surface area contributed by atoms with Crippen LogP contribution in [-0.2, 0) is 13.1 Å². The molecular formula is C5H8ClN3OS. The Balaban J connectivity index is 3.23. The van der Waals surface area contributed by atoms with Crippen LogP contribution in [-0.4, -0.2) is 20.6 Å². The van der Waals surface area contributed by atoms with Gasteiger partial charge in [-0.1, -0.05) is 11.8 Å². The summed E-state index contributed by atoms with van der Waals surface area (Å²) in [6.07, 6.45) is 1.86. The normalized spacial score (nSPS) is 10.5. The highest BCUT2D eigenvalue weighted by Gasteiger charge is 2.06. The fourth-order valence-corrected chi connectivity index (χ4v) is 1.41. The molecule has 0 aliphatic rings. The fourth-order valence-electron chi connectivity index (χ4n) is 0.724. The summed E-state index contributed by atoms with van der Waals surface area (Å²) in [5.41, 5.74) is -0.177. The van der Waals surface area contributed by atoms with E-state index in [1.807, 2.05) is 6.26 Å². The maximum atomic E-state index is 11.1. The maximum Gasteiger partial charge on any atom is 0.347 e. The van der Waals surface area contributed by atoms with E-state index in [0.717, 1.165) is 0 Å². The van der Waals surface area contributed by atoms with Gasteiger partial charge < -0.3 is 0 Å². The molecule has 0 radical (unpaired) electrons. The van der Waals surface area contributed by atoms with E-state index >= 15 is 0 Å². The van der Waals surface area contributed by atoms with Crippen LogP contribution in [0, 0.1) is 0 Å². The summed E-state index contributed by atoms with van der Waals surface area (Å²) in [6, 6.07) is 0.104. The van der Waals surface area contributed by atoms with Crippen molar-refractivity contribution in [3.05, 3.63) is 10.5 Å². The standard InChI is InChI=1S/C5H8ClN3OS/c1-8-4(11-2)7-9(3-6)5(8)10/h3H2,1-2H3. The number of thioether (sulfide) groups is 1. The van der Waals surface area contributed by atoms with Gasteiger partial charge >= 0.3 is 5.69 Å². The molecule has 6 heteroatoms. The van der Waals surface area contributed by atoms with Crippen LogP contribution in [0.5, 0.6) is 0 Å². The third kappa shape index (κ3) is 1.44. The summed E-state index contributed by atoms with van der Waals surface area (Å²) in [5, 5.41) is 4.62. The molecule has 0 unspecified atom stereocenters. The van der Waals surface area contributed by atoms with Gasteiger partial charge in [-0.2, -0.15) is 4.68 Å². The average Bonchev–Trinajstić information content (AvgIpc) is 2.30. The Hall–Kier alpha value is -0.420. The third-order valence-electron chi connectivity index (χ3n) is 1.30. The summed E-state index contributed by atoms with van der Waals surface area (Å²) in [4.78, 5) is 11.1. The van der Waals surface area contributed by atoms with Crippen LogP contribution in [0.15, 0.2) is 9.95 Å². The molecule has 0 amide bonds. The molecule has 0 aromatic carbocycles. The quantitative estimate of drug-likeness (QED) is 0.507. The zero-order valence-electron chi connectivity index (χ0n) is 6.24. The molecule has 0 bridgehead atoms. The highest BCUT2D eigenvalue weighted by Crippen LogP contribution is 2.06. The van der Waals surface area contributed by atoms with Crippen molar-refractivity contribution in [1.29, 1.82) is 0 Å². The minimum Gasteiger partial charge on any atom is -0.273 e. The SMILES string of the molecule is CSc1nn(CCl)c(=O)n1C. The van der Waals surface area contributed by atoms with Crippen molar-refractivity contribution in [3.63, 3.8) is 0 Å². The lowest BCUT2D eigenvalue weighted by atomic mass is 11.0. The van der Waals surface area contributed by atoms with Crippen LogP contribution >= 0.6 is 23.4 Å². The molecule has 4 nitrogen and oxygen atoms in total. The van der Waals surface area contributed by atoms with Crippen molar-refractivity contribution in [1.82, 2.24) is 14.3 Å². The molecular weight excluding hydrogens is 186 g/mol. The minimum atomic E-state index is -0.177. The van der Waals surface area contributed by atoms with Gasteiger partial charge in [0.1, 0.15) is 6.00 Å². The number of rotatable bonds is 2. The first-order valence-corrected chi connectivity index (χ1v) is 4.70. The summed E-state index contributed by atoms with van der Waals surface area (Å²) in [6.45, 7) is 0. The molecule has 0 saturated heterocycles. The number of hydrogen-bond acceptors (Lipinski definition) is 3. The first-order chi connectivity index (χ1) is 5.20. The zero-order valence-corrected chi connectivity index (χ0v) is 7.82. The summed E-state index contributed by atoms with van der Waals surface area (Å²) in [5.74, 6) is 0. The summed E-state index contributed by atoms with van der Waals surface area (Å²) in [7, 11) is 1.67. The lowest BCUT2D eigenvalue weighted by molar-refractivity contribution is 0.691. The highest BCUT2D eigenvalue weighted by molar-refractivity contribution is 7.98. The Bertz CT molecular complexity index is 305. The van der Waals surface area contributed by atoms with Crippen LogP contribution < -0.4 is 5.69 Å². The van der Waals surface area contributed by atoms with Gasteiger partial charge in [-0.25, -0.2) is 4.79 Å². The Labute approximate surface area is 73.2 Å². The fraction of sp³-hybridized carbons (Fsp3) is 0.600. The summed E-state index contributed by atoms with van der Waals surface area (Å²) < 4.78 is 2.68. The van der Waals surface area contributed by atoms with Gasteiger partial charge in [0.05, 0.1) is 0 Å². The number of aromatic nitrogens is 3. The minimum absolute atomic E-state index is 0.104. The highest BCUT2D eigenvalue weighted by atomic mass is 35.5. The van der Waals surface area contributed by atoms with E-state index < -0.39 is 0 Å². The van der Waals surface area contributed by atoms with E-state index in [1.165, 1.54) is 21.0 Å². The number of hydrogen-bond donors (Lipinski definition) is 0.